The summed E-state index contributed by atoms with van der Waals surface area (Å²) in [6, 6.07) is 1.64. The molecule has 0 bridgehead atoms. The maximum Gasteiger partial charge on any atom is 0.407 e. The van der Waals surface area contributed by atoms with Crippen LogP contribution in [0.15, 0.2) is 18.2 Å². The monoisotopic (exact) mass is 308 g/mol. The second kappa shape index (κ2) is 4.99. The van der Waals surface area contributed by atoms with Crippen molar-refractivity contribution in [1.82, 2.24) is 0 Å². The normalized spacial score (nSPS) is 12.9. The highest BCUT2D eigenvalue weighted by Gasteiger charge is 2.61. The van der Waals surface area contributed by atoms with E-state index < -0.39 is 40.5 Å². The van der Waals surface area contributed by atoms with Gasteiger partial charge in [-0.1, -0.05) is 11.6 Å². The third kappa shape index (κ3) is 3.59. The highest BCUT2D eigenvalue weighted by molar-refractivity contribution is 6.34. The lowest BCUT2D eigenvalue weighted by Gasteiger charge is -2.22. The van der Waals surface area contributed by atoms with E-state index in [9.17, 15) is 35.5 Å². The van der Waals surface area contributed by atoms with Crippen LogP contribution in [0.2, 0.25) is 5.02 Å². The Morgan fingerprint density at radius 2 is 1.53 bits per heavy atom. The van der Waals surface area contributed by atoms with Gasteiger partial charge in [0.1, 0.15) is 5.82 Å². The first-order chi connectivity index (χ1) is 8.44. The Morgan fingerprint density at radius 1 is 1.05 bits per heavy atom. The fourth-order valence-corrected chi connectivity index (χ4v) is 1.54. The molecule has 1 aromatic carbocycles. The molecule has 1 aromatic rings. The molecule has 0 unspecified atom stereocenters. The van der Waals surface area contributed by atoms with Crippen LogP contribution in [0.1, 0.15) is 10.4 Å². The van der Waals surface area contributed by atoms with Crippen LogP contribution < -0.4 is 0 Å². The summed E-state index contributed by atoms with van der Waals surface area (Å²) in [5, 5.41) is -0.690. The van der Waals surface area contributed by atoms with Crippen molar-refractivity contribution in [3.05, 3.63) is 34.6 Å². The predicted molar refractivity (Wildman–Crippen MR) is 51.3 cm³/mol. The molecule has 9 heteroatoms. The standard InChI is InChI=1S/C10H4ClF7O/c11-6-2-1-4(12)3-5(6)7(19)8(9(13,14)15)10(16,17)18/h1-3,8H. The van der Waals surface area contributed by atoms with E-state index in [1.54, 1.807) is 0 Å². The average Bonchev–Trinajstić information content (AvgIpc) is 2.17. The number of carbonyl (C=O) groups excluding carboxylic acids is 1. The highest BCUT2D eigenvalue weighted by atomic mass is 35.5. The number of hydrogen-bond donors (Lipinski definition) is 0. The molecule has 0 fully saturated rings. The molecule has 0 spiro atoms. The van der Waals surface area contributed by atoms with Crippen molar-refractivity contribution >= 4 is 17.4 Å². The Bertz CT molecular complexity index is 478. The molecular formula is C10H4ClF7O. The minimum absolute atomic E-state index is 0.231. The molecule has 1 rings (SSSR count). The zero-order valence-corrected chi connectivity index (χ0v) is 9.50. The van der Waals surface area contributed by atoms with Crippen LogP contribution in [0.25, 0.3) is 0 Å². The topological polar surface area (TPSA) is 17.1 Å². The maximum absolute atomic E-state index is 12.8. The Labute approximate surface area is 107 Å². The fraction of sp³-hybridized carbons (Fsp3) is 0.300. The molecule has 0 aliphatic heterocycles. The Balaban J connectivity index is 3.32. The van der Waals surface area contributed by atoms with E-state index in [4.69, 9.17) is 11.6 Å². The molecule has 0 N–H and O–H groups in total. The number of rotatable bonds is 2. The van der Waals surface area contributed by atoms with Gasteiger partial charge in [0.05, 0.1) is 5.02 Å². The summed E-state index contributed by atoms with van der Waals surface area (Å²) in [5.74, 6) is -7.75. The van der Waals surface area contributed by atoms with Gasteiger partial charge in [0.15, 0.2) is 5.78 Å². The molecule has 106 valence electrons. The fourth-order valence-electron chi connectivity index (χ4n) is 1.32. The van der Waals surface area contributed by atoms with E-state index in [1.807, 2.05) is 0 Å². The summed E-state index contributed by atoms with van der Waals surface area (Å²) >= 11 is 5.31. The number of alkyl halides is 6. The number of benzene rings is 1. The predicted octanol–water partition coefficient (Wildman–Crippen LogP) is 4.40. The average molecular weight is 309 g/mol. The van der Waals surface area contributed by atoms with Crippen LogP contribution in [0.4, 0.5) is 30.7 Å². The zero-order chi connectivity index (χ0) is 15.0. The van der Waals surface area contributed by atoms with Crippen LogP contribution in [-0.4, -0.2) is 18.1 Å². The van der Waals surface area contributed by atoms with Gasteiger partial charge >= 0.3 is 12.4 Å². The van der Waals surface area contributed by atoms with Crippen molar-refractivity contribution < 1.29 is 35.5 Å². The summed E-state index contributed by atoms with van der Waals surface area (Å²) in [5.41, 5.74) is -1.17. The summed E-state index contributed by atoms with van der Waals surface area (Å²) < 4.78 is 86.6. The van der Waals surface area contributed by atoms with Crippen LogP contribution in [0.3, 0.4) is 0 Å². The van der Waals surface area contributed by atoms with Gasteiger partial charge in [0.2, 0.25) is 5.92 Å². The van der Waals surface area contributed by atoms with Gasteiger partial charge in [-0.3, -0.25) is 4.79 Å². The maximum atomic E-state index is 12.8. The number of hydrogen-bond acceptors (Lipinski definition) is 1. The lowest BCUT2D eigenvalue weighted by atomic mass is 9.96. The molecule has 0 aliphatic carbocycles. The second-order valence-electron chi connectivity index (χ2n) is 3.50. The molecule has 19 heavy (non-hydrogen) atoms. The molecule has 0 heterocycles. The SMILES string of the molecule is O=C(c1cc(F)ccc1Cl)C(C(F)(F)F)C(F)(F)F. The van der Waals surface area contributed by atoms with Crippen LogP contribution >= 0.6 is 11.6 Å². The van der Waals surface area contributed by atoms with Crippen molar-refractivity contribution in [2.24, 2.45) is 5.92 Å². The molecule has 0 radical (unpaired) electrons. The molecule has 0 aliphatic rings. The van der Waals surface area contributed by atoms with E-state index in [0.29, 0.717) is 12.1 Å². The number of carbonyl (C=O) groups is 1. The van der Waals surface area contributed by atoms with Gasteiger partial charge in [-0.15, -0.1) is 0 Å². The summed E-state index contributed by atoms with van der Waals surface area (Å²) in [6.45, 7) is 0. The summed E-state index contributed by atoms with van der Waals surface area (Å²) in [6.07, 6.45) is -11.7. The molecular weight excluding hydrogens is 305 g/mol. The van der Waals surface area contributed by atoms with E-state index in [0.717, 1.165) is 0 Å². The van der Waals surface area contributed by atoms with Crippen LogP contribution in [0, 0.1) is 11.7 Å². The van der Waals surface area contributed by atoms with Gasteiger partial charge in [-0.2, -0.15) is 26.3 Å². The molecule has 0 saturated heterocycles. The third-order valence-corrected chi connectivity index (χ3v) is 2.44. The number of ketones is 1. The molecule has 0 amide bonds. The number of Topliss-reactive ketones (excluding diaryl/α,β-unsaturated/α-hetero) is 1. The lowest BCUT2D eigenvalue weighted by Crippen LogP contribution is -2.42. The first-order valence-electron chi connectivity index (χ1n) is 4.57. The Hall–Kier alpha value is -1.31. The van der Waals surface area contributed by atoms with Gasteiger partial charge in [-0.25, -0.2) is 4.39 Å². The minimum atomic E-state index is -5.84. The van der Waals surface area contributed by atoms with Crippen LogP contribution in [-0.2, 0) is 0 Å². The van der Waals surface area contributed by atoms with E-state index in [-0.39, 0.29) is 6.07 Å². The minimum Gasteiger partial charge on any atom is -0.293 e. The summed E-state index contributed by atoms with van der Waals surface area (Å²) in [4.78, 5) is 11.3. The van der Waals surface area contributed by atoms with Gasteiger partial charge < -0.3 is 0 Å². The lowest BCUT2D eigenvalue weighted by molar-refractivity contribution is -0.264. The van der Waals surface area contributed by atoms with E-state index in [2.05, 4.69) is 0 Å². The molecule has 0 saturated carbocycles. The van der Waals surface area contributed by atoms with E-state index >= 15 is 0 Å². The molecule has 0 aromatic heterocycles. The van der Waals surface area contributed by atoms with Crippen molar-refractivity contribution in [1.29, 1.82) is 0 Å². The highest BCUT2D eigenvalue weighted by Crippen LogP contribution is 2.42. The Morgan fingerprint density at radius 3 is 1.95 bits per heavy atom. The summed E-state index contributed by atoms with van der Waals surface area (Å²) in [7, 11) is 0. The largest absolute Gasteiger partial charge is 0.407 e. The number of halogens is 8. The molecule has 1 nitrogen and oxygen atoms in total. The quantitative estimate of drug-likeness (QED) is 0.584. The Kier molecular flexibility index (Phi) is 4.14. The van der Waals surface area contributed by atoms with Crippen molar-refractivity contribution in [3.8, 4) is 0 Å². The van der Waals surface area contributed by atoms with E-state index in [1.165, 1.54) is 0 Å². The smallest absolute Gasteiger partial charge is 0.293 e. The molecule has 0 atom stereocenters. The third-order valence-electron chi connectivity index (χ3n) is 2.11. The van der Waals surface area contributed by atoms with Crippen molar-refractivity contribution in [2.75, 3.05) is 0 Å². The zero-order valence-electron chi connectivity index (χ0n) is 8.74. The van der Waals surface area contributed by atoms with Gasteiger partial charge in [-0.05, 0) is 18.2 Å². The second-order valence-corrected chi connectivity index (χ2v) is 3.91. The first kappa shape index (κ1) is 15.7. The van der Waals surface area contributed by atoms with Crippen molar-refractivity contribution in [2.45, 2.75) is 12.4 Å². The first-order valence-corrected chi connectivity index (χ1v) is 4.95. The van der Waals surface area contributed by atoms with Gasteiger partial charge in [0.25, 0.3) is 0 Å². The van der Waals surface area contributed by atoms with Gasteiger partial charge in [0, 0.05) is 5.56 Å². The van der Waals surface area contributed by atoms with Crippen LogP contribution in [0.5, 0.6) is 0 Å². The van der Waals surface area contributed by atoms with Crippen molar-refractivity contribution in [3.63, 3.8) is 0 Å².